The zero-order valence-corrected chi connectivity index (χ0v) is 18.5. The molecule has 0 aromatic heterocycles. The third kappa shape index (κ3) is 6.35. The molecule has 174 valence electrons. The van der Waals surface area contributed by atoms with Crippen molar-refractivity contribution >= 4 is 21.4 Å². The van der Waals surface area contributed by atoms with Crippen LogP contribution in [0, 0.1) is 0 Å². The summed E-state index contributed by atoms with van der Waals surface area (Å²) in [6, 6.07) is 16.7. The maximum atomic E-state index is 13.1. The van der Waals surface area contributed by atoms with Crippen LogP contribution in [0.1, 0.15) is 34.8 Å². The number of hydrogen-bond donors (Lipinski definition) is 1. The largest absolute Gasteiger partial charge is 0.491 e. The van der Waals surface area contributed by atoms with E-state index in [-0.39, 0.29) is 34.3 Å². The highest BCUT2D eigenvalue weighted by Crippen LogP contribution is 2.35. The van der Waals surface area contributed by atoms with Crippen molar-refractivity contribution in [1.29, 1.82) is 0 Å². The second kappa shape index (κ2) is 10.1. The Balaban J connectivity index is 1.78. The summed E-state index contributed by atoms with van der Waals surface area (Å²) in [6.45, 7) is 2.13. The maximum Gasteiger partial charge on any atom is 0.416 e. The fourth-order valence-electron chi connectivity index (χ4n) is 3.02. The summed E-state index contributed by atoms with van der Waals surface area (Å²) < 4.78 is 69.8. The summed E-state index contributed by atoms with van der Waals surface area (Å²) in [7, 11) is -3.55. The summed E-state index contributed by atoms with van der Waals surface area (Å²) in [5.74, 6) is -0.765. The number of nitrogens with one attached hydrogen (secondary N) is 1. The van der Waals surface area contributed by atoms with E-state index in [0.717, 1.165) is 12.1 Å². The van der Waals surface area contributed by atoms with Gasteiger partial charge in [0.1, 0.15) is 5.75 Å². The summed E-state index contributed by atoms with van der Waals surface area (Å²) in [6.07, 6.45) is -3.93. The predicted octanol–water partition coefficient (Wildman–Crippen LogP) is 5.72. The zero-order chi connectivity index (χ0) is 24.1. The molecule has 9 heteroatoms. The van der Waals surface area contributed by atoms with E-state index in [1.54, 1.807) is 18.2 Å². The van der Waals surface area contributed by atoms with Gasteiger partial charge in [0.15, 0.2) is 9.84 Å². The SMILES string of the molecule is CCCOc1ccc(C(F)(F)F)cc1NC(=O)c1ccc(CS(=O)(=O)c2ccccc2)cc1. The van der Waals surface area contributed by atoms with Gasteiger partial charge >= 0.3 is 6.18 Å². The van der Waals surface area contributed by atoms with Crippen LogP contribution in [-0.4, -0.2) is 20.9 Å². The lowest BCUT2D eigenvalue weighted by atomic mass is 10.1. The lowest BCUT2D eigenvalue weighted by molar-refractivity contribution is -0.137. The Morgan fingerprint density at radius 3 is 2.24 bits per heavy atom. The number of alkyl halides is 3. The molecular weight excluding hydrogens is 455 g/mol. The third-order valence-electron chi connectivity index (χ3n) is 4.69. The quantitative estimate of drug-likeness (QED) is 0.450. The van der Waals surface area contributed by atoms with Crippen molar-refractivity contribution in [3.05, 3.63) is 89.5 Å². The first-order valence-corrected chi connectivity index (χ1v) is 11.8. The number of benzene rings is 3. The first-order chi connectivity index (χ1) is 15.6. The molecule has 0 saturated heterocycles. The molecule has 0 bridgehead atoms. The third-order valence-corrected chi connectivity index (χ3v) is 6.40. The smallest absolute Gasteiger partial charge is 0.416 e. The van der Waals surface area contributed by atoms with Gasteiger partial charge in [-0.05, 0) is 54.4 Å². The van der Waals surface area contributed by atoms with E-state index < -0.39 is 27.5 Å². The molecule has 1 N–H and O–H groups in total. The first kappa shape index (κ1) is 24.3. The normalized spacial score (nSPS) is 11.8. The number of sulfone groups is 1. The molecule has 33 heavy (non-hydrogen) atoms. The van der Waals surface area contributed by atoms with Gasteiger partial charge in [0, 0.05) is 5.56 Å². The molecule has 0 fully saturated rings. The topological polar surface area (TPSA) is 72.5 Å². The van der Waals surface area contributed by atoms with Crippen LogP contribution in [0.25, 0.3) is 0 Å². The van der Waals surface area contributed by atoms with E-state index in [0.29, 0.717) is 12.0 Å². The lowest BCUT2D eigenvalue weighted by Gasteiger charge is -2.15. The van der Waals surface area contributed by atoms with Crippen LogP contribution in [0.2, 0.25) is 0 Å². The molecule has 0 heterocycles. The van der Waals surface area contributed by atoms with Gasteiger partial charge in [-0.3, -0.25) is 4.79 Å². The molecule has 0 aliphatic carbocycles. The van der Waals surface area contributed by atoms with Crippen LogP contribution in [0.15, 0.2) is 77.7 Å². The second-order valence-electron chi connectivity index (χ2n) is 7.28. The van der Waals surface area contributed by atoms with Gasteiger partial charge in [0.25, 0.3) is 5.91 Å². The first-order valence-electron chi connectivity index (χ1n) is 10.1. The lowest BCUT2D eigenvalue weighted by Crippen LogP contribution is -2.15. The van der Waals surface area contributed by atoms with Gasteiger partial charge in [0.05, 0.1) is 28.5 Å². The Hall–Kier alpha value is -3.33. The Labute approximate surface area is 190 Å². The molecule has 3 rings (SSSR count). The fourth-order valence-corrected chi connectivity index (χ4v) is 4.39. The average Bonchev–Trinajstić information content (AvgIpc) is 2.78. The van der Waals surface area contributed by atoms with E-state index in [2.05, 4.69) is 5.32 Å². The van der Waals surface area contributed by atoms with Crippen molar-refractivity contribution in [2.45, 2.75) is 30.2 Å². The predicted molar refractivity (Wildman–Crippen MR) is 119 cm³/mol. The standard InChI is InChI=1S/C24H22F3NO4S/c1-2-14-32-22-13-12-19(24(25,26)27)15-21(22)28-23(29)18-10-8-17(9-11-18)16-33(30,31)20-6-4-3-5-7-20/h3-13,15H,2,14,16H2,1H3,(H,28,29). The van der Waals surface area contributed by atoms with Crippen LogP contribution in [0.3, 0.4) is 0 Å². The van der Waals surface area contributed by atoms with Gasteiger partial charge in [-0.15, -0.1) is 0 Å². The van der Waals surface area contributed by atoms with Crippen LogP contribution < -0.4 is 10.1 Å². The summed E-state index contributed by atoms with van der Waals surface area (Å²) in [4.78, 5) is 12.8. The highest BCUT2D eigenvalue weighted by atomic mass is 32.2. The van der Waals surface area contributed by atoms with Gasteiger partial charge in [-0.1, -0.05) is 37.3 Å². The van der Waals surface area contributed by atoms with Crippen molar-refractivity contribution in [1.82, 2.24) is 0 Å². The molecule has 0 atom stereocenters. The number of amides is 1. The number of ether oxygens (including phenoxy) is 1. The average molecular weight is 478 g/mol. The summed E-state index contributed by atoms with van der Waals surface area (Å²) >= 11 is 0. The maximum absolute atomic E-state index is 13.1. The minimum Gasteiger partial charge on any atom is -0.491 e. The molecule has 0 spiro atoms. The van der Waals surface area contributed by atoms with Crippen LogP contribution in [0.5, 0.6) is 5.75 Å². The monoisotopic (exact) mass is 477 g/mol. The highest BCUT2D eigenvalue weighted by Gasteiger charge is 2.31. The van der Waals surface area contributed by atoms with Crippen molar-refractivity contribution in [3.63, 3.8) is 0 Å². The van der Waals surface area contributed by atoms with Crippen molar-refractivity contribution in [3.8, 4) is 5.75 Å². The molecule has 0 saturated carbocycles. The van der Waals surface area contributed by atoms with Crippen molar-refractivity contribution < 1.29 is 31.1 Å². The number of carbonyl (C=O) groups excluding carboxylic acids is 1. The minimum atomic E-state index is -4.57. The van der Waals surface area contributed by atoms with E-state index >= 15 is 0 Å². The number of carbonyl (C=O) groups is 1. The van der Waals surface area contributed by atoms with Gasteiger partial charge in [-0.2, -0.15) is 13.2 Å². The zero-order valence-electron chi connectivity index (χ0n) is 17.7. The Bertz CT molecular complexity index is 1210. The van der Waals surface area contributed by atoms with E-state index in [1.165, 1.54) is 42.5 Å². The van der Waals surface area contributed by atoms with E-state index in [9.17, 15) is 26.4 Å². The minimum absolute atomic E-state index is 0.0981. The molecular formula is C24H22F3NO4S. The van der Waals surface area contributed by atoms with Crippen LogP contribution in [-0.2, 0) is 21.8 Å². The van der Waals surface area contributed by atoms with Gasteiger partial charge in [0.2, 0.25) is 0 Å². The summed E-state index contributed by atoms with van der Waals surface area (Å²) in [5, 5.41) is 2.46. The van der Waals surface area contributed by atoms with Gasteiger partial charge < -0.3 is 10.1 Å². The Morgan fingerprint density at radius 1 is 0.970 bits per heavy atom. The number of hydrogen-bond acceptors (Lipinski definition) is 4. The fraction of sp³-hybridized carbons (Fsp3) is 0.208. The molecule has 3 aromatic rings. The van der Waals surface area contributed by atoms with Gasteiger partial charge in [-0.25, -0.2) is 8.42 Å². The summed E-state index contributed by atoms with van der Waals surface area (Å²) in [5.41, 5.74) is -0.377. The van der Waals surface area contributed by atoms with Crippen molar-refractivity contribution in [2.75, 3.05) is 11.9 Å². The number of rotatable bonds is 8. The Morgan fingerprint density at radius 2 is 1.64 bits per heavy atom. The Kier molecular flexibility index (Phi) is 7.43. The highest BCUT2D eigenvalue weighted by molar-refractivity contribution is 7.90. The molecule has 1 amide bonds. The van der Waals surface area contributed by atoms with Crippen LogP contribution in [0.4, 0.5) is 18.9 Å². The van der Waals surface area contributed by atoms with E-state index in [4.69, 9.17) is 4.74 Å². The molecule has 3 aromatic carbocycles. The molecule has 0 aliphatic heterocycles. The molecule has 0 unspecified atom stereocenters. The number of anilines is 1. The van der Waals surface area contributed by atoms with E-state index in [1.807, 2.05) is 6.92 Å². The van der Waals surface area contributed by atoms with Crippen LogP contribution >= 0.6 is 0 Å². The second-order valence-corrected chi connectivity index (χ2v) is 9.27. The molecule has 0 radical (unpaired) electrons. The molecule has 0 aliphatic rings. The van der Waals surface area contributed by atoms with Crippen molar-refractivity contribution in [2.24, 2.45) is 0 Å². The number of halogens is 3. The molecule has 5 nitrogen and oxygen atoms in total.